The van der Waals surface area contributed by atoms with Crippen LogP contribution in [0, 0.1) is 19.3 Å². The summed E-state index contributed by atoms with van der Waals surface area (Å²) in [5, 5.41) is 16.9. The first-order valence-electron chi connectivity index (χ1n) is 12.3. The average Bonchev–Trinajstić information content (AvgIpc) is 3.18. The molecule has 3 aromatic rings. The van der Waals surface area contributed by atoms with Crippen LogP contribution in [-0.2, 0) is 11.3 Å². The molecule has 0 saturated carbocycles. The van der Waals surface area contributed by atoms with Crippen LogP contribution < -0.4 is 15.1 Å². The maximum atomic E-state index is 13.5. The lowest BCUT2D eigenvalue weighted by molar-refractivity contribution is -0.156. The molecule has 0 radical (unpaired) electrons. The van der Waals surface area contributed by atoms with E-state index in [-0.39, 0.29) is 36.1 Å². The van der Waals surface area contributed by atoms with Gasteiger partial charge in [-0.2, -0.15) is 17.7 Å². The minimum Gasteiger partial charge on any atom is -0.494 e. The van der Waals surface area contributed by atoms with Crippen LogP contribution in [0.3, 0.4) is 0 Å². The summed E-state index contributed by atoms with van der Waals surface area (Å²) < 4.78 is 112. The highest BCUT2D eigenvalue weighted by atomic mass is 32.5. The fraction of sp³-hybridized carbons (Fsp3) is 0.458. The lowest BCUT2D eigenvalue weighted by Crippen LogP contribution is -2.27. The molecule has 42 heavy (non-hydrogen) atoms. The Hall–Kier alpha value is -3.70. The number of ketones is 1. The molecule has 236 valence electrons. The third-order valence-corrected chi connectivity index (χ3v) is 6.97. The molecule has 1 N–H and O–H groups in total. The van der Waals surface area contributed by atoms with Gasteiger partial charge in [-0.25, -0.2) is 4.68 Å². The van der Waals surface area contributed by atoms with Gasteiger partial charge in [0.05, 0.1) is 12.7 Å². The number of ether oxygens (including phenoxy) is 2. The van der Waals surface area contributed by atoms with Crippen molar-refractivity contribution in [3.05, 3.63) is 40.5 Å². The van der Waals surface area contributed by atoms with Crippen LogP contribution in [0.1, 0.15) is 55.1 Å². The minimum atomic E-state index is -10.1. The third-order valence-electron chi connectivity index (χ3n) is 5.85. The zero-order chi connectivity index (χ0) is 32.3. The number of aldehydes is 1. The number of hydrogen-bond acceptors (Lipinski definition) is 7. The van der Waals surface area contributed by atoms with Crippen LogP contribution >= 0.6 is 10.2 Å². The number of carbonyl (C=O) groups is 2. The predicted octanol–water partition coefficient (Wildman–Crippen LogP) is 6.88. The highest BCUT2D eigenvalue weighted by Crippen LogP contribution is 3.02. The zero-order valence-electron chi connectivity index (χ0n) is 23.1. The first kappa shape index (κ1) is 34.5. The molecule has 3 rings (SSSR count). The van der Waals surface area contributed by atoms with E-state index in [0.29, 0.717) is 17.0 Å². The van der Waals surface area contributed by atoms with E-state index < -0.39 is 51.2 Å². The van der Waals surface area contributed by atoms with Crippen molar-refractivity contribution in [2.45, 2.75) is 71.2 Å². The predicted molar refractivity (Wildman–Crippen MR) is 137 cm³/mol. The number of halogens is 8. The normalized spacial score (nSPS) is 13.7. The van der Waals surface area contributed by atoms with Crippen LogP contribution in [-0.4, -0.2) is 50.4 Å². The Kier molecular flexibility index (Phi) is 9.47. The molecule has 2 aromatic heterocycles. The molecule has 2 heterocycles. The van der Waals surface area contributed by atoms with Gasteiger partial charge < -0.3 is 9.47 Å². The maximum Gasteiger partial charge on any atom is 0.446 e. The van der Waals surface area contributed by atoms with E-state index in [0.717, 1.165) is 28.1 Å². The van der Waals surface area contributed by atoms with Gasteiger partial charge in [0.25, 0.3) is 0 Å². The molecule has 0 bridgehead atoms. The number of nitrogens with zero attached hydrogens (tertiary/aromatic N) is 4. The van der Waals surface area contributed by atoms with Gasteiger partial charge >= 0.3 is 16.4 Å². The number of fused-ring (bicyclic) bond motifs is 1. The summed E-state index contributed by atoms with van der Waals surface area (Å²) in [7, 11) is -10.1. The van der Waals surface area contributed by atoms with Crippen molar-refractivity contribution in [3.63, 3.8) is 0 Å². The van der Waals surface area contributed by atoms with Crippen molar-refractivity contribution in [3.8, 4) is 11.6 Å². The SMILES string of the molecule is CCOc1cc(C(=O)Cn2nc3c(C)c(C)c(OC(CC)CC)nn3c2=N)cc(S(F)(F)(F)(F)F)c1.O=CC(F)(F)F. The summed E-state index contributed by atoms with van der Waals surface area (Å²) in [6.45, 7) is 8.12. The van der Waals surface area contributed by atoms with Crippen molar-refractivity contribution in [1.29, 1.82) is 5.41 Å². The van der Waals surface area contributed by atoms with E-state index in [1.807, 2.05) is 13.8 Å². The maximum absolute atomic E-state index is 13.5. The zero-order valence-corrected chi connectivity index (χ0v) is 23.9. The number of nitrogens with one attached hydrogen (secondary N) is 1. The number of alkyl halides is 3. The molecule has 0 aliphatic carbocycles. The lowest BCUT2D eigenvalue weighted by Gasteiger charge is -2.40. The van der Waals surface area contributed by atoms with Crippen LogP contribution in [0.4, 0.5) is 32.6 Å². The Morgan fingerprint density at radius 1 is 1.02 bits per heavy atom. The molecular weight excluding hydrogens is 606 g/mol. The van der Waals surface area contributed by atoms with Gasteiger partial charge in [-0.3, -0.25) is 15.0 Å². The van der Waals surface area contributed by atoms with Crippen molar-refractivity contribution >= 4 is 27.9 Å². The van der Waals surface area contributed by atoms with Crippen LogP contribution in [0.15, 0.2) is 23.1 Å². The van der Waals surface area contributed by atoms with Crippen molar-refractivity contribution in [1.82, 2.24) is 19.4 Å². The van der Waals surface area contributed by atoms with E-state index in [1.54, 1.807) is 13.8 Å². The van der Waals surface area contributed by atoms with E-state index in [2.05, 4.69) is 10.2 Å². The summed E-state index contributed by atoms with van der Waals surface area (Å²) in [5.41, 5.74) is 0.574. The molecule has 9 nitrogen and oxygen atoms in total. The van der Waals surface area contributed by atoms with Crippen LogP contribution in [0.2, 0.25) is 0 Å². The highest BCUT2D eigenvalue weighted by molar-refractivity contribution is 8.45. The number of Topliss-reactive ketones (excluding diaryl/α,β-unsaturated/α-hetero) is 1. The number of rotatable bonds is 10. The first-order valence-corrected chi connectivity index (χ1v) is 14.3. The minimum absolute atomic E-state index is 0.0962. The van der Waals surface area contributed by atoms with E-state index in [4.69, 9.17) is 19.7 Å². The molecule has 0 fully saturated rings. The Balaban J connectivity index is 0.000000928. The number of carbonyl (C=O) groups excluding carboxylic acids is 2. The molecular formula is C24H29F8N5O4S. The highest BCUT2D eigenvalue weighted by Gasteiger charge is 2.65. The Morgan fingerprint density at radius 3 is 2.07 bits per heavy atom. The van der Waals surface area contributed by atoms with Gasteiger partial charge in [-0.05, 0) is 45.7 Å². The largest absolute Gasteiger partial charge is 0.494 e. The average molecular weight is 636 g/mol. The molecule has 1 aromatic carbocycles. The second kappa shape index (κ2) is 11.5. The second-order valence-corrected chi connectivity index (χ2v) is 11.4. The second-order valence-electron chi connectivity index (χ2n) is 9.01. The number of aromatic nitrogens is 4. The quantitative estimate of drug-likeness (QED) is 0.148. The van der Waals surface area contributed by atoms with E-state index >= 15 is 0 Å². The molecule has 0 aliphatic rings. The molecule has 0 saturated heterocycles. The molecule has 0 atom stereocenters. The summed E-state index contributed by atoms with van der Waals surface area (Å²) in [4.78, 5) is 19.3. The van der Waals surface area contributed by atoms with Gasteiger partial charge in [0.2, 0.25) is 17.8 Å². The van der Waals surface area contributed by atoms with Crippen LogP contribution in [0.25, 0.3) is 5.65 Å². The van der Waals surface area contributed by atoms with E-state index in [9.17, 15) is 37.4 Å². The molecule has 0 unspecified atom stereocenters. The van der Waals surface area contributed by atoms with Gasteiger partial charge in [0, 0.05) is 22.8 Å². The topological polar surface area (TPSA) is 112 Å². The molecule has 0 spiro atoms. The summed E-state index contributed by atoms with van der Waals surface area (Å²) >= 11 is 0. The summed E-state index contributed by atoms with van der Waals surface area (Å²) in [6.07, 6.45) is -4.32. The monoisotopic (exact) mass is 635 g/mol. The number of aryl methyl sites for hydroxylation is 1. The summed E-state index contributed by atoms with van der Waals surface area (Å²) in [5.74, 6) is -1.19. The molecule has 0 aliphatic heterocycles. The fourth-order valence-electron chi connectivity index (χ4n) is 3.50. The van der Waals surface area contributed by atoms with E-state index in [1.165, 1.54) is 6.92 Å². The smallest absolute Gasteiger partial charge is 0.446 e. The van der Waals surface area contributed by atoms with Crippen molar-refractivity contribution in [2.75, 3.05) is 6.61 Å². The van der Waals surface area contributed by atoms with Gasteiger partial charge in [0.1, 0.15) is 17.2 Å². The van der Waals surface area contributed by atoms with Crippen molar-refractivity contribution in [2.24, 2.45) is 0 Å². The lowest BCUT2D eigenvalue weighted by atomic mass is 10.1. The van der Waals surface area contributed by atoms with Gasteiger partial charge in [0.15, 0.2) is 11.4 Å². The molecule has 18 heteroatoms. The summed E-state index contributed by atoms with van der Waals surface area (Å²) in [6, 6.07) is 1.23. The number of benzene rings is 1. The molecule has 0 amide bonds. The fourth-order valence-corrected chi connectivity index (χ4v) is 4.19. The van der Waals surface area contributed by atoms with Gasteiger partial charge in [-0.15, -0.1) is 10.2 Å². The van der Waals surface area contributed by atoms with Crippen LogP contribution in [0.5, 0.6) is 11.6 Å². The Labute approximate surface area is 234 Å². The van der Waals surface area contributed by atoms with Crippen molar-refractivity contribution < 1.29 is 51.7 Å². The Morgan fingerprint density at radius 2 is 1.60 bits per heavy atom. The first-order chi connectivity index (χ1) is 19.0. The third kappa shape index (κ3) is 8.65. The van der Waals surface area contributed by atoms with Gasteiger partial charge in [-0.1, -0.05) is 33.3 Å². The Bertz CT molecular complexity index is 1530. The number of hydrogen-bond donors (Lipinski definition) is 1. The standard InChI is InChI=1S/C22H28F5N5O3S.C2HF3O/c1-6-16(7-2)35-21-14(5)13(4)20-29-31(22(28)32(20)30-21)12-19(33)15-9-17(34-8-3)11-18(10-15)36(23,24,25,26)27;3-2(4,5)1-6/h9-11,16,28H,6-8,12H2,1-5H3;1H.